The van der Waals surface area contributed by atoms with Crippen LogP contribution in [0.4, 0.5) is 0 Å². The summed E-state index contributed by atoms with van der Waals surface area (Å²) >= 11 is 0. The molecule has 7 heteroatoms. The molecule has 1 atom stereocenters. The van der Waals surface area contributed by atoms with Crippen molar-refractivity contribution in [3.8, 4) is 0 Å². The highest BCUT2D eigenvalue weighted by molar-refractivity contribution is 7.91. The fraction of sp³-hybridized carbons (Fsp3) is 0.875. The number of hydrogen-bond acceptors (Lipinski definition) is 5. The molecule has 1 aliphatic heterocycles. The Morgan fingerprint density at radius 1 is 1.53 bits per heavy atom. The Morgan fingerprint density at radius 3 is 2.53 bits per heavy atom. The molecule has 0 aromatic heterocycles. The fourth-order valence-corrected chi connectivity index (χ4v) is 3.33. The molecule has 1 rings (SSSR count). The molecule has 0 radical (unpaired) electrons. The lowest BCUT2D eigenvalue weighted by Gasteiger charge is -2.21. The molecule has 0 N–H and O–H groups in total. The van der Waals surface area contributed by atoms with E-state index in [1.165, 1.54) is 7.11 Å². The van der Waals surface area contributed by atoms with Crippen LogP contribution in [0, 0.1) is 0 Å². The number of sulfone groups is 1. The van der Waals surface area contributed by atoms with Gasteiger partial charge in [0.25, 0.3) is 0 Å². The second-order valence-electron chi connectivity index (χ2n) is 3.55. The van der Waals surface area contributed by atoms with Crippen molar-refractivity contribution < 1.29 is 17.9 Å². The SMILES string of the molecule is COC(=O)CN(C)C1CCS(=O)(=O)C1.Cl. The molecule has 1 fully saturated rings. The number of halogens is 1. The predicted molar refractivity (Wildman–Crippen MR) is 59.0 cm³/mol. The van der Waals surface area contributed by atoms with E-state index in [0.29, 0.717) is 6.42 Å². The second kappa shape index (κ2) is 5.67. The van der Waals surface area contributed by atoms with Crippen molar-refractivity contribution in [2.24, 2.45) is 0 Å². The molecule has 1 heterocycles. The molecular weight excluding hydrogens is 242 g/mol. The number of nitrogens with zero attached hydrogens (tertiary/aromatic N) is 1. The van der Waals surface area contributed by atoms with Gasteiger partial charge < -0.3 is 4.74 Å². The van der Waals surface area contributed by atoms with Crippen molar-refractivity contribution in [1.29, 1.82) is 0 Å². The van der Waals surface area contributed by atoms with Crippen LogP contribution in [0.1, 0.15) is 6.42 Å². The molecule has 0 spiro atoms. The van der Waals surface area contributed by atoms with E-state index in [1.807, 2.05) is 0 Å². The van der Waals surface area contributed by atoms with Gasteiger partial charge >= 0.3 is 5.97 Å². The molecule has 0 amide bonds. The van der Waals surface area contributed by atoms with Gasteiger partial charge in [-0.3, -0.25) is 9.69 Å². The molecule has 1 aliphatic rings. The van der Waals surface area contributed by atoms with Crippen molar-refractivity contribution in [2.45, 2.75) is 12.5 Å². The summed E-state index contributed by atoms with van der Waals surface area (Å²) in [4.78, 5) is 12.7. The predicted octanol–water partition coefficient (Wildman–Crippen LogP) is -0.300. The standard InChI is InChI=1S/C8H15NO4S.ClH/c1-9(5-8(10)13-2)7-3-4-14(11,12)6-7;/h7H,3-6H2,1-2H3;1H. The zero-order chi connectivity index (χ0) is 10.8. The Hall–Kier alpha value is -0.330. The number of esters is 1. The van der Waals surface area contributed by atoms with Crippen LogP contribution in [0.2, 0.25) is 0 Å². The Morgan fingerprint density at radius 2 is 2.13 bits per heavy atom. The molecule has 1 saturated heterocycles. The van der Waals surface area contributed by atoms with Crippen LogP contribution in [-0.2, 0) is 19.4 Å². The lowest BCUT2D eigenvalue weighted by atomic mass is 10.2. The monoisotopic (exact) mass is 257 g/mol. The summed E-state index contributed by atoms with van der Waals surface area (Å²) in [7, 11) is 0.183. The van der Waals surface area contributed by atoms with Gasteiger partial charge in [0, 0.05) is 6.04 Å². The Kier molecular flexibility index (Phi) is 5.55. The maximum Gasteiger partial charge on any atom is 0.319 e. The van der Waals surface area contributed by atoms with Crippen LogP contribution in [-0.4, -0.2) is 57.5 Å². The largest absolute Gasteiger partial charge is 0.468 e. The number of carbonyl (C=O) groups excluding carboxylic acids is 1. The van der Waals surface area contributed by atoms with Crippen LogP contribution in [0.5, 0.6) is 0 Å². The number of rotatable bonds is 3. The first-order chi connectivity index (χ1) is 6.44. The van der Waals surface area contributed by atoms with Gasteiger partial charge in [-0.15, -0.1) is 12.4 Å². The number of ether oxygens (including phenoxy) is 1. The number of likely N-dealkylation sites (N-methyl/N-ethyl adjacent to an activating group) is 1. The Balaban J connectivity index is 0.00000196. The summed E-state index contributed by atoms with van der Waals surface area (Å²) in [6.07, 6.45) is 0.607. The van der Waals surface area contributed by atoms with Crippen molar-refractivity contribution in [3.63, 3.8) is 0 Å². The minimum atomic E-state index is -2.88. The zero-order valence-electron chi connectivity index (χ0n) is 8.80. The normalized spacial score (nSPS) is 23.5. The Bertz CT molecular complexity index is 317. The van der Waals surface area contributed by atoms with Crippen LogP contribution in [0.25, 0.3) is 0 Å². The molecule has 15 heavy (non-hydrogen) atoms. The van der Waals surface area contributed by atoms with Gasteiger partial charge in [0.15, 0.2) is 9.84 Å². The molecule has 0 aromatic rings. The summed E-state index contributed by atoms with van der Waals surface area (Å²) in [5.74, 6) is 0.0423. The third-order valence-electron chi connectivity index (χ3n) is 2.44. The minimum absolute atomic E-state index is 0. The van der Waals surface area contributed by atoms with Crippen LogP contribution < -0.4 is 0 Å². The van der Waals surface area contributed by atoms with Gasteiger partial charge in [-0.25, -0.2) is 8.42 Å². The van der Waals surface area contributed by atoms with Gasteiger partial charge in [-0.05, 0) is 13.5 Å². The second-order valence-corrected chi connectivity index (χ2v) is 5.78. The molecule has 0 saturated carbocycles. The van der Waals surface area contributed by atoms with Crippen LogP contribution in [0.3, 0.4) is 0 Å². The first-order valence-electron chi connectivity index (χ1n) is 4.42. The molecule has 1 unspecified atom stereocenters. The van der Waals surface area contributed by atoms with Crippen molar-refractivity contribution in [2.75, 3.05) is 32.2 Å². The highest BCUT2D eigenvalue weighted by Crippen LogP contribution is 2.15. The van der Waals surface area contributed by atoms with E-state index in [1.54, 1.807) is 11.9 Å². The topological polar surface area (TPSA) is 63.7 Å². The smallest absolute Gasteiger partial charge is 0.319 e. The first kappa shape index (κ1) is 14.7. The average Bonchev–Trinajstić information content (AvgIpc) is 2.46. The van der Waals surface area contributed by atoms with E-state index >= 15 is 0 Å². The third kappa shape index (κ3) is 4.36. The summed E-state index contributed by atoms with van der Waals surface area (Å²) in [5, 5.41) is 0. The van der Waals surface area contributed by atoms with E-state index in [-0.39, 0.29) is 42.5 Å². The van der Waals surface area contributed by atoms with E-state index in [9.17, 15) is 13.2 Å². The van der Waals surface area contributed by atoms with Gasteiger partial charge in [-0.2, -0.15) is 0 Å². The molecule has 0 aliphatic carbocycles. The number of methoxy groups -OCH3 is 1. The fourth-order valence-electron chi connectivity index (χ4n) is 1.52. The quantitative estimate of drug-likeness (QED) is 0.650. The van der Waals surface area contributed by atoms with Gasteiger partial charge in [0.1, 0.15) is 0 Å². The molecule has 0 bridgehead atoms. The summed E-state index contributed by atoms with van der Waals surface area (Å²) in [6.45, 7) is 0.149. The van der Waals surface area contributed by atoms with Gasteiger partial charge in [0.2, 0.25) is 0 Å². The van der Waals surface area contributed by atoms with Gasteiger partial charge in [-0.1, -0.05) is 0 Å². The van der Waals surface area contributed by atoms with Gasteiger partial charge in [0.05, 0.1) is 25.2 Å². The summed E-state index contributed by atoms with van der Waals surface area (Å²) in [5.41, 5.74) is 0. The first-order valence-corrected chi connectivity index (χ1v) is 6.24. The zero-order valence-corrected chi connectivity index (χ0v) is 10.4. The minimum Gasteiger partial charge on any atom is -0.468 e. The molecular formula is C8H16ClNO4S. The van der Waals surface area contributed by atoms with E-state index in [4.69, 9.17) is 0 Å². The maximum absolute atomic E-state index is 11.2. The molecule has 0 aromatic carbocycles. The van der Waals surface area contributed by atoms with E-state index in [2.05, 4.69) is 4.74 Å². The lowest BCUT2D eigenvalue weighted by molar-refractivity contribution is -0.142. The molecule has 5 nitrogen and oxygen atoms in total. The molecule has 90 valence electrons. The number of carbonyl (C=O) groups is 1. The summed E-state index contributed by atoms with van der Waals surface area (Å²) < 4.78 is 26.8. The van der Waals surface area contributed by atoms with Crippen molar-refractivity contribution in [1.82, 2.24) is 4.90 Å². The van der Waals surface area contributed by atoms with E-state index in [0.717, 1.165) is 0 Å². The lowest BCUT2D eigenvalue weighted by Crippen LogP contribution is -2.37. The number of hydrogen-bond donors (Lipinski definition) is 0. The third-order valence-corrected chi connectivity index (χ3v) is 4.19. The van der Waals surface area contributed by atoms with Crippen LogP contribution in [0.15, 0.2) is 0 Å². The van der Waals surface area contributed by atoms with Crippen LogP contribution >= 0.6 is 12.4 Å². The Labute approximate surface area is 96.1 Å². The average molecular weight is 258 g/mol. The highest BCUT2D eigenvalue weighted by Gasteiger charge is 2.31. The van der Waals surface area contributed by atoms with E-state index < -0.39 is 9.84 Å². The maximum atomic E-state index is 11.2. The summed E-state index contributed by atoms with van der Waals surface area (Å²) in [6, 6.07) is -0.0425. The van der Waals surface area contributed by atoms with Crippen molar-refractivity contribution in [3.05, 3.63) is 0 Å². The van der Waals surface area contributed by atoms with Crippen molar-refractivity contribution >= 4 is 28.2 Å². The highest BCUT2D eigenvalue weighted by atomic mass is 35.5.